The quantitative estimate of drug-likeness (QED) is 0.689. The van der Waals surface area contributed by atoms with Gasteiger partial charge < -0.3 is 9.47 Å². The highest BCUT2D eigenvalue weighted by atomic mass is 16.6. The lowest BCUT2D eigenvalue weighted by Gasteiger charge is -2.35. The monoisotopic (exact) mass is 230 g/mol. The molecule has 0 N–H and O–H groups in total. The maximum Gasteiger partial charge on any atom is 0.119 e. The van der Waals surface area contributed by atoms with Gasteiger partial charge in [0.15, 0.2) is 0 Å². The van der Waals surface area contributed by atoms with E-state index in [0.717, 1.165) is 17.6 Å². The van der Waals surface area contributed by atoms with Gasteiger partial charge in [-0.15, -0.1) is 0 Å². The molecule has 1 saturated carbocycles. The molecule has 3 aliphatic rings. The van der Waals surface area contributed by atoms with Crippen molar-refractivity contribution in [1.82, 2.24) is 0 Å². The number of rotatable bonds is 1. The van der Waals surface area contributed by atoms with Gasteiger partial charge in [-0.1, -0.05) is 18.9 Å². The Balaban J connectivity index is 1.81. The van der Waals surface area contributed by atoms with Gasteiger partial charge in [-0.05, 0) is 47.9 Å². The van der Waals surface area contributed by atoms with Gasteiger partial charge in [0.25, 0.3) is 0 Å². The zero-order chi connectivity index (χ0) is 11.4. The van der Waals surface area contributed by atoms with Crippen LogP contribution in [0.5, 0.6) is 5.75 Å². The summed E-state index contributed by atoms with van der Waals surface area (Å²) in [5, 5.41) is 0. The van der Waals surface area contributed by atoms with Crippen LogP contribution >= 0.6 is 0 Å². The van der Waals surface area contributed by atoms with Crippen LogP contribution in [0.25, 0.3) is 0 Å². The summed E-state index contributed by atoms with van der Waals surface area (Å²) in [6, 6.07) is 6.53. The van der Waals surface area contributed by atoms with E-state index in [-0.39, 0.29) is 0 Å². The molecule has 2 heteroatoms. The summed E-state index contributed by atoms with van der Waals surface area (Å²) in [4.78, 5) is 0. The summed E-state index contributed by atoms with van der Waals surface area (Å²) < 4.78 is 11.3. The van der Waals surface area contributed by atoms with Gasteiger partial charge in [-0.3, -0.25) is 0 Å². The van der Waals surface area contributed by atoms with Gasteiger partial charge in [-0.25, -0.2) is 0 Å². The van der Waals surface area contributed by atoms with E-state index < -0.39 is 0 Å². The van der Waals surface area contributed by atoms with Crippen molar-refractivity contribution in [2.75, 3.05) is 7.11 Å². The first-order valence-corrected chi connectivity index (χ1v) is 6.72. The molecule has 4 rings (SSSR count). The molecule has 2 aliphatic carbocycles. The molecule has 4 atom stereocenters. The Morgan fingerprint density at radius 3 is 2.94 bits per heavy atom. The minimum atomic E-state index is 0.398. The van der Waals surface area contributed by atoms with Crippen LogP contribution in [0.2, 0.25) is 0 Å². The predicted molar refractivity (Wildman–Crippen MR) is 65.3 cm³/mol. The van der Waals surface area contributed by atoms with Crippen molar-refractivity contribution in [3.05, 3.63) is 29.3 Å². The Morgan fingerprint density at radius 2 is 2.06 bits per heavy atom. The van der Waals surface area contributed by atoms with Crippen molar-refractivity contribution >= 4 is 0 Å². The molecule has 1 saturated heterocycles. The SMILES string of the molecule is COc1ccc2c(c1)[C@@H]1CCCC[C@@H]1[C@H]1O[C@@H]21. The molecular formula is C15H18O2. The van der Waals surface area contributed by atoms with E-state index >= 15 is 0 Å². The summed E-state index contributed by atoms with van der Waals surface area (Å²) in [5.41, 5.74) is 2.94. The van der Waals surface area contributed by atoms with E-state index in [9.17, 15) is 0 Å². The second kappa shape index (κ2) is 3.49. The molecule has 1 heterocycles. The molecule has 2 fully saturated rings. The summed E-state index contributed by atoms with van der Waals surface area (Å²) in [7, 11) is 1.75. The fraction of sp³-hybridized carbons (Fsp3) is 0.600. The number of epoxide rings is 1. The minimum Gasteiger partial charge on any atom is -0.497 e. The normalized spacial score (nSPS) is 37.7. The average Bonchev–Trinajstić information content (AvgIpc) is 3.19. The topological polar surface area (TPSA) is 21.8 Å². The van der Waals surface area contributed by atoms with E-state index in [2.05, 4.69) is 18.2 Å². The van der Waals surface area contributed by atoms with Gasteiger partial charge in [0.2, 0.25) is 0 Å². The third-order valence-corrected chi connectivity index (χ3v) is 4.77. The highest BCUT2D eigenvalue weighted by molar-refractivity contribution is 5.44. The molecule has 1 aromatic carbocycles. The van der Waals surface area contributed by atoms with Crippen LogP contribution in [0.3, 0.4) is 0 Å². The largest absolute Gasteiger partial charge is 0.497 e. The first-order chi connectivity index (χ1) is 8.38. The number of hydrogen-bond acceptors (Lipinski definition) is 2. The number of methoxy groups -OCH3 is 1. The van der Waals surface area contributed by atoms with Crippen molar-refractivity contribution in [2.45, 2.75) is 43.8 Å². The average molecular weight is 230 g/mol. The lowest BCUT2D eigenvalue weighted by atomic mass is 9.68. The Kier molecular flexibility index (Phi) is 2.04. The number of benzene rings is 1. The van der Waals surface area contributed by atoms with Crippen molar-refractivity contribution < 1.29 is 9.47 Å². The molecular weight excluding hydrogens is 212 g/mol. The van der Waals surface area contributed by atoms with Gasteiger partial charge in [0, 0.05) is 0 Å². The summed E-state index contributed by atoms with van der Waals surface area (Å²) >= 11 is 0. The van der Waals surface area contributed by atoms with E-state index in [4.69, 9.17) is 9.47 Å². The van der Waals surface area contributed by atoms with E-state index in [1.807, 2.05) is 0 Å². The first kappa shape index (κ1) is 9.95. The molecule has 2 nitrogen and oxygen atoms in total. The van der Waals surface area contributed by atoms with Crippen LogP contribution in [-0.4, -0.2) is 13.2 Å². The third-order valence-electron chi connectivity index (χ3n) is 4.77. The molecule has 0 aromatic heterocycles. The van der Waals surface area contributed by atoms with Crippen LogP contribution < -0.4 is 4.74 Å². The van der Waals surface area contributed by atoms with Gasteiger partial charge in [0.1, 0.15) is 11.9 Å². The fourth-order valence-electron chi connectivity index (χ4n) is 3.90. The molecule has 1 aromatic rings. The maximum absolute atomic E-state index is 5.91. The fourth-order valence-corrected chi connectivity index (χ4v) is 3.90. The maximum atomic E-state index is 5.91. The number of hydrogen-bond donors (Lipinski definition) is 0. The Hall–Kier alpha value is -1.02. The standard InChI is InChI=1S/C15H18O2/c1-16-9-6-7-12-13(8-9)10-4-2-3-5-11(10)14-15(12)17-14/h6-8,10-11,14-15H,2-5H2,1H3/t10-,11+,14-,15+/m1/s1. The van der Waals surface area contributed by atoms with Crippen molar-refractivity contribution in [1.29, 1.82) is 0 Å². The zero-order valence-corrected chi connectivity index (χ0v) is 10.2. The predicted octanol–water partition coefficient (Wildman–Crippen LogP) is 3.42. The number of ether oxygens (including phenoxy) is 2. The van der Waals surface area contributed by atoms with Gasteiger partial charge in [0.05, 0.1) is 13.2 Å². The van der Waals surface area contributed by atoms with Crippen molar-refractivity contribution in [2.24, 2.45) is 5.92 Å². The van der Waals surface area contributed by atoms with Crippen molar-refractivity contribution in [3.63, 3.8) is 0 Å². The molecule has 0 amide bonds. The van der Waals surface area contributed by atoms with Crippen LogP contribution in [-0.2, 0) is 4.74 Å². The Morgan fingerprint density at radius 1 is 1.18 bits per heavy atom. The second-order valence-electron chi connectivity index (χ2n) is 5.57. The van der Waals surface area contributed by atoms with Crippen molar-refractivity contribution in [3.8, 4) is 5.75 Å². The molecule has 0 radical (unpaired) electrons. The first-order valence-electron chi connectivity index (χ1n) is 6.72. The van der Waals surface area contributed by atoms with Gasteiger partial charge in [-0.2, -0.15) is 0 Å². The highest BCUT2D eigenvalue weighted by Crippen LogP contribution is 2.58. The zero-order valence-electron chi connectivity index (χ0n) is 10.2. The Labute approximate surface area is 102 Å². The lowest BCUT2D eigenvalue weighted by molar-refractivity contribution is 0.237. The molecule has 0 unspecified atom stereocenters. The van der Waals surface area contributed by atoms with E-state index in [1.54, 1.807) is 7.11 Å². The van der Waals surface area contributed by atoms with E-state index in [0.29, 0.717) is 12.2 Å². The minimum absolute atomic E-state index is 0.398. The summed E-state index contributed by atoms with van der Waals surface area (Å²) in [6.07, 6.45) is 6.36. The van der Waals surface area contributed by atoms with Crippen LogP contribution in [0.1, 0.15) is 48.8 Å². The molecule has 0 bridgehead atoms. The molecule has 0 spiro atoms. The summed E-state index contributed by atoms with van der Waals surface area (Å²) in [5.74, 6) is 2.48. The molecule has 1 aliphatic heterocycles. The third kappa shape index (κ3) is 1.37. The van der Waals surface area contributed by atoms with Gasteiger partial charge >= 0.3 is 0 Å². The van der Waals surface area contributed by atoms with E-state index in [1.165, 1.54) is 36.8 Å². The Bertz CT molecular complexity index is 454. The molecule has 17 heavy (non-hydrogen) atoms. The van der Waals surface area contributed by atoms with Crippen LogP contribution in [0, 0.1) is 5.92 Å². The van der Waals surface area contributed by atoms with Crippen LogP contribution in [0.15, 0.2) is 18.2 Å². The highest BCUT2D eigenvalue weighted by Gasteiger charge is 2.54. The lowest BCUT2D eigenvalue weighted by Crippen LogP contribution is -2.27. The molecule has 90 valence electrons. The smallest absolute Gasteiger partial charge is 0.119 e. The summed E-state index contributed by atoms with van der Waals surface area (Å²) in [6.45, 7) is 0. The van der Waals surface area contributed by atoms with Crippen LogP contribution in [0.4, 0.5) is 0 Å². The number of fused-ring (bicyclic) bond motifs is 6. The second-order valence-corrected chi connectivity index (χ2v) is 5.57.